The highest BCUT2D eigenvalue weighted by atomic mass is 16.5. The molecule has 0 amide bonds. The van der Waals surface area contributed by atoms with E-state index < -0.39 is 17.5 Å². The molecule has 1 saturated heterocycles. The van der Waals surface area contributed by atoms with Crippen LogP contribution in [0.4, 0.5) is 0 Å². The molecule has 1 aliphatic heterocycles. The van der Waals surface area contributed by atoms with Crippen molar-refractivity contribution in [1.29, 1.82) is 0 Å². The first-order valence-corrected chi connectivity index (χ1v) is 13.9. The van der Waals surface area contributed by atoms with E-state index in [2.05, 4.69) is 40.7 Å². The number of allylic oxidation sites excluding steroid dienone is 2. The molecule has 0 aromatic heterocycles. The normalized spacial score (nSPS) is 58.1. The van der Waals surface area contributed by atoms with Gasteiger partial charge in [-0.25, -0.2) is 0 Å². The monoisotopic (exact) mass is 484 g/mol. The molecule has 5 aliphatic carbocycles. The van der Waals surface area contributed by atoms with Crippen LogP contribution in [-0.4, -0.2) is 40.3 Å². The Kier molecular flexibility index (Phi) is 4.57. The maximum atomic E-state index is 12.9. The maximum absolute atomic E-state index is 12.9. The van der Waals surface area contributed by atoms with Crippen molar-refractivity contribution in [2.75, 3.05) is 6.61 Å². The molecular formula is C30H44O5. The van der Waals surface area contributed by atoms with Gasteiger partial charge in [0.25, 0.3) is 0 Å². The number of aliphatic carboxylic acids is 1. The molecule has 0 radical (unpaired) electrons. The lowest BCUT2D eigenvalue weighted by Gasteiger charge is -2.74. The van der Waals surface area contributed by atoms with Gasteiger partial charge in [0, 0.05) is 16.2 Å². The summed E-state index contributed by atoms with van der Waals surface area (Å²) in [6.45, 7) is 13.9. The van der Waals surface area contributed by atoms with Crippen molar-refractivity contribution in [3.8, 4) is 0 Å². The van der Waals surface area contributed by atoms with E-state index in [1.807, 2.05) is 13.0 Å². The maximum Gasteiger partial charge on any atom is 0.309 e. The molecule has 2 bridgehead atoms. The van der Waals surface area contributed by atoms with E-state index in [1.54, 1.807) is 0 Å². The molecule has 1 heterocycles. The van der Waals surface area contributed by atoms with Crippen LogP contribution in [0.5, 0.6) is 0 Å². The van der Waals surface area contributed by atoms with Gasteiger partial charge in [-0.2, -0.15) is 0 Å². The summed E-state index contributed by atoms with van der Waals surface area (Å²) in [4.78, 5) is 25.2. The summed E-state index contributed by atoms with van der Waals surface area (Å²) >= 11 is 0. The number of ketones is 1. The van der Waals surface area contributed by atoms with Gasteiger partial charge < -0.3 is 14.9 Å². The van der Waals surface area contributed by atoms with Crippen molar-refractivity contribution in [2.45, 2.75) is 105 Å². The van der Waals surface area contributed by atoms with Crippen molar-refractivity contribution in [3.05, 3.63) is 12.2 Å². The van der Waals surface area contributed by atoms with Crippen molar-refractivity contribution in [1.82, 2.24) is 0 Å². The second kappa shape index (κ2) is 6.62. The lowest BCUT2D eigenvalue weighted by molar-refractivity contribution is -0.284. The third-order valence-corrected chi connectivity index (χ3v) is 13.8. The van der Waals surface area contributed by atoms with Gasteiger partial charge in [-0.3, -0.25) is 9.59 Å². The number of hydrogen-bond acceptors (Lipinski definition) is 4. The molecule has 2 N–H and O–H groups in total. The van der Waals surface area contributed by atoms with Gasteiger partial charge in [0.05, 0.1) is 23.7 Å². The largest absolute Gasteiger partial charge is 0.481 e. The molecule has 4 saturated carbocycles. The van der Waals surface area contributed by atoms with Crippen LogP contribution in [0.1, 0.15) is 92.9 Å². The SMILES string of the molecule is CC1(C)C(=O)C=C[C@@]2(C)[C@H]1CC[C@]1(C)[C@H]2CC[C@]23OC[C@@]4(CC[C@](C)(C(=O)O)C[C@@H]42)[C@H](O)C[C@]31C. The van der Waals surface area contributed by atoms with E-state index >= 15 is 0 Å². The summed E-state index contributed by atoms with van der Waals surface area (Å²) in [5.41, 5.74) is -2.21. The van der Waals surface area contributed by atoms with Crippen LogP contribution < -0.4 is 0 Å². The van der Waals surface area contributed by atoms with Crippen LogP contribution in [-0.2, 0) is 14.3 Å². The Balaban J connectivity index is 1.47. The molecule has 5 nitrogen and oxygen atoms in total. The topological polar surface area (TPSA) is 83.8 Å². The van der Waals surface area contributed by atoms with Crippen LogP contribution in [0, 0.1) is 50.2 Å². The Morgan fingerprint density at radius 3 is 2.31 bits per heavy atom. The average molecular weight is 485 g/mol. The number of carboxylic acids is 1. The lowest BCUT2D eigenvalue weighted by atomic mass is 9.31. The van der Waals surface area contributed by atoms with Gasteiger partial charge in [0.2, 0.25) is 0 Å². The summed E-state index contributed by atoms with van der Waals surface area (Å²) in [6.07, 6.45) is 10.2. The third-order valence-electron chi connectivity index (χ3n) is 13.8. The zero-order chi connectivity index (χ0) is 25.4. The number of carbonyl (C=O) groups is 2. The Labute approximate surface area is 210 Å². The summed E-state index contributed by atoms with van der Waals surface area (Å²) in [5, 5.41) is 22.0. The molecule has 6 aliphatic rings. The molecule has 5 heteroatoms. The first kappa shape index (κ1) is 24.2. The molecule has 5 fully saturated rings. The summed E-state index contributed by atoms with van der Waals surface area (Å²) in [5.74, 6) is 0.310. The van der Waals surface area contributed by atoms with Gasteiger partial charge in [0.15, 0.2) is 5.78 Å². The van der Waals surface area contributed by atoms with Crippen LogP contribution >= 0.6 is 0 Å². The van der Waals surface area contributed by atoms with Crippen LogP contribution in [0.2, 0.25) is 0 Å². The fraction of sp³-hybridized carbons (Fsp3) is 0.867. The molecule has 0 unspecified atom stereocenters. The molecule has 0 aromatic carbocycles. The van der Waals surface area contributed by atoms with Gasteiger partial charge in [-0.15, -0.1) is 0 Å². The van der Waals surface area contributed by atoms with E-state index in [0.29, 0.717) is 31.3 Å². The Morgan fingerprint density at radius 1 is 0.943 bits per heavy atom. The molecule has 10 atom stereocenters. The van der Waals surface area contributed by atoms with Crippen LogP contribution in [0.15, 0.2) is 12.2 Å². The zero-order valence-electron chi connectivity index (χ0n) is 22.4. The minimum atomic E-state index is -0.759. The number of carbonyl (C=O) groups excluding carboxylic acids is 1. The van der Waals surface area contributed by atoms with Gasteiger partial charge >= 0.3 is 5.97 Å². The van der Waals surface area contributed by atoms with Crippen molar-refractivity contribution >= 4 is 11.8 Å². The van der Waals surface area contributed by atoms with Gasteiger partial charge in [-0.1, -0.05) is 40.7 Å². The smallest absolute Gasteiger partial charge is 0.309 e. The van der Waals surface area contributed by atoms with Crippen molar-refractivity contribution in [2.24, 2.45) is 50.2 Å². The highest BCUT2D eigenvalue weighted by Gasteiger charge is 2.80. The number of carboxylic acid groups (broad SMARTS) is 1. The molecule has 35 heavy (non-hydrogen) atoms. The lowest BCUT2D eigenvalue weighted by Crippen LogP contribution is -2.73. The first-order chi connectivity index (χ1) is 16.1. The summed E-state index contributed by atoms with van der Waals surface area (Å²) in [7, 11) is 0. The molecule has 1 spiro atoms. The van der Waals surface area contributed by atoms with E-state index in [0.717, 1.165) is 38.5 Å². The average Bonchev–Trinajstić information content (AvgIpc) is 3.05. The number of rotatable bonds is 1. The standard InChI is InChI=1S/C30H44O5/c1-24(2)18-7-11-27(5)19(26(18,4)10-9-21(24)31)8-12-30-20-15-25(3,23(33)34)13-14-29(20,17-35-30)22(32)16-28(27,30)6/h9-10,18-20,22,32H,7-8,11-17H2,1-6H3,(H,33,34)/t18-,19-,20-,22+,25-,26-,27+,28-,29+,30-/m0/s1. The van der Waals surface area contributed by atoms with Crippen molar-refractivity contribution in [3.63, 3.8) is 0 Å². The fourth-order valence-electron chi connectivity index (χ4n) is 11.4. The highest BCUT2D eigenvalue weighted by Crippen LogP contribution is 2.80. The van der Waals surface area contributed by atoms with E-state index in [4.69, 9.17) is 4.74 Å². The van der Waals surface area contributed by atoms with E-state index in [-0.39, 0.29) is 44.4 Å². The molecular weight excluding hydrogens is 440 g/mol. The summed E-state index contributed by atoms with van der Waals surface area (Å²) < 4.78 is 6.97. The van der Waals surface area contributed by atoms with Crippen LogP contribution in [0.25, 0.3) is 0 Å². The quantitative estimate of drug-likeness (QED) is 0.520. The van der Waals surface area contributed by atoms with E-state index in [9.17, 15) is 19.8 Å². The Morgan fingerprint density at radius 2 is 1.63 bits per heavy atom. The number of aliphatic hydroxyl groups excluding tert-OH is 1. The minimum absolute atomic E-state index is 0.0636. The van der Waals surface area contributed by atoms with E-state index in [1.165, 1.54) is 0 Å². The number of ether oxygens (including phenoxy) is 1. The number of fused-ring (bicyclic) bond motifs is 4. The van der Waals surface area contributed by atoms with Crippen molar-refractivity contribution < 1.29 is 24.5 Å². The Bertz CT molecular complexity index is 1030. The van der Waals surface area contributed by atoms with Gasteiger partial charge in [0.1, 0.15) is 0 Å². The number of hydrogen-bond donors (Lipinski definition) is 2. The Hall–Kier alpha value is -1.20. The van der Waals surface area contributed by atoms with Crippen LogP contribution in [0.3, 0.4) is 0 Å². The third kappa shape index (κ3) is 2.45. The van der Waals surface area contributed by atoms with Gasteiger partial charge in [-0.05, 0) is 93.0 Å². The number of aliphatic hydroxyl groups is 1. The predicted octanol–water partition coefficient (Wildman–Crippen LogP) is 5.40. The second-order valence-corrected chi connectivity index (χ2v) is 15.0. The molecule has 0 aromatic rings. The fourth-order valence-corrected chi connectivity index (χ4v) is 11.4. The zero-order valence-corrected chi connectivity index (χ0v) is 22.4. The predicted molar refractivity (Wildman–Crippen MR) is 133 cm³/mol. The first-order valence-electron chi connectivity index (χ1n) is 13.9. The summed E-state index contributed by atoms with van der Waals surface area (Å²) in [6, 6.07) is 0. The molecule has 6 rings (SSSR count). The molecule has 194 valence electrons. The second-order valence-electron chi connectivity index (χ2n) is 15.0. The highest BCUT2D eigenvalue weighted by molar-refractivity contribution is 5.95. The minimum Gasteiger partial charge on any atom is -0.481 e.